The average Bonchev–Trinajstić information content (AvgIpc) is 3.71. The summed E-state index contributed by atoms with van der Waals surface area (Å²) in [5, 5.41) is 8.71. The zero-order valence-electron chi connectivity index (χ0n) is 22.6. The van der Waals surface area contributed by atoms with Crippen LogP contribution in [0.3, 0.4) is 0 Å². The number of benzene rings is 1. The number of methoxy groups -OCH3 is 2. The zero-order valence-corrected chi connectivity index (χ0v) is 23.4. The minimum Gasteiger partial charge on any atom is -0.496 e. The van der Waals surface area contributed by atoms with Crippen molar-refractivity contribution in [3.8, 4) is 10.8 Å². The third-order valence-electron chi connectivity index (χ3n) is 7.18. The number of thiophene rings is 1. The smallest absolute Gasteiger partial charge is 0.332 e. The predicted octanol–water partition coefficient (Wildman–Crippen LogP) is 3.71. The number of halogens is 1. The first-order chi connectivity index (χ1) is 19.4. The van der Waals surface area contributed by atoms with Gasteiger partial charge < -0.3 is 14.2 Å². The average molecular weight is 570 g/mol. The Morgan fingerprint density at radius 2 is 2.15 bits per heavy atom. The fourth-order valence-corrected chi connectivity index (χ4v) is 6.48. The van der Waals surface area contributed by atoms with Gasteiger partial charge in [0.1, 0.15) is 33.7 Å². The first-order valence-corrected chi connectivity index (χ1v) is 13.8. The Kier molecular flexibility index (Phi) is 8.31. The number of aromatic nitrogens is 4. The van der Waals surface area contributed by atoms with Crippen molar-refractivity contribution in [2.24, 2.45) is 0 Å². The van der Waals surface area contributed by atoms with Crippen molar-refractivity contribution in [1.29, 1.82) is 0 Å². The van der Waals surface area contributed by atoms with E-state index < -0.39 is 29.9 Å². The van der Waals surface area contributed by atoms with E-state index in [0.29, 0.717) is 53.1 Å². The van der Waals surface area contributed by atoms with Crippen molar-refractivity contribution in [3.05, 3.63) is 87.1 Å². The topological polar surface area (TPSA) is 102 Å². The van der Waals surface area contributed by atoms with Crippen LogP contribution in [0.1, 0.15) is 36.1 Å². The summed E-state index contributed by atoms with van der Waals surface area (Å²) in [6.07, 6.45) is 5.02. The fourth-order valence-electron chi connectivity index (χ4n) is 5.24. The van der Waals surface area contributed by atoms with Gasteiger partial charge in [-0.25, -0.2) is 13.9 Å². The van der Waals surface area contributed by atoms with E-state index in [1.54, 1.807) is 40.9 Å². The highest BCUT2D eigenvalue weighted by Crippen LogP contribution is 2.34. The molecule has 212 valence electrons. The number of nitrogens with one attached hydrogen (secondary N) is 1. The molecule has 5 rings (SSSR count). The molecule has 0 aliphatic carbocycles. The summed E-state index contributed by atoms with van der Waals surface area (Å²) < 4.78 is 36.3. The number of hydrogen-bond donors (Lipinski definition) is 1. The summed E-state index contributed by atoms with van der Waals surface area (Å²) >= 11 is 1.30. The Bertz CT molecular complexity index is 1630. The van der Waals surface area contributed by atoms with Crippen molar-refractivity contribution in [2.45, 2.75) is 44.7 Å². The molecule has 12 heteroatoms. The van der Waals surface area contributed by atoms with Gasteiger partial charge in [0.05, 0.1) is 31.7 Å². The molecule has 4 aromatic rings. The first kappa shape index (κ1) is 28.0. The van der Waals surface area contributed by atoms with E-state index in [1.165, 1.54) is 41.2 Å². The number of aryl methyl sites for hydroxylation is 1. The second kappa shape index (κ2) is 11.9. The minimum absolute atomic E-state index is 0.0167. The van der Waals surface area contributed by atoms with Gasteiger partial charge in [0.2, 0.25) is 0 Å². The van der Waals surface area contributed by atoms with Crippen LogP contribution >= 0.6 is 11.3 Å². The van der Waals surface area contributed by atoms with E-state index in [1.807, 2.05) is 6.92 Å². The Morgan fingerprint density at radius 1 is 1.32 bits per heavy atom. The van der Waals surface area contributed by atoms with E-state index >= 15 is 0 Å². The molecule has 1 aliphatic heterocycles. The fraction of sp³-hybridized carbons (Fsp3) is 0.393. The molecular formula is C28H32FN5O5S. The van der Waals surface area contributed by atoms with E-state index in [0.717, 1.165) is 5.00 Å². The van der Waals surface area contributed by atoms with Crippen molar-refractivity contribution in [2.75, 3.05) is 27.4 Å². The molecule has 1 fully saturated rings. The molecular weight excluding hydrogens is 537 g/mol. The van der Waals surface area contributed by atoms with Crippen molar-refractivity contribution >= 4 is 21.6 Å². The van der Waals surface area contributed by atoms with Crippen LogP contribution in [0.25, 0.3) is 15.2 Å². The van der Waals surface area contributed by atoms with E-state index in [2.05, 4.69) is 17.0 Å². The van der Waals surface area contributed by atoms with Crippen LogP contribution in [-0.4, -0.2) is 52.5 Å². The highest BCUT2D eigenvalue weighted by molar-refractivity contribution is 7.21. The lowest BCUT2D eigenvalue weighted by Gasteiger charge is -2.24. The van der Waals surface area contributed by atoms with Crippen LogP contribution < -0.4 is 21.3 Å². The van der Waals surface area contributed by atoms with Gasteiger partial charge in [-0.3, -0.25) is 19.2 Å². The Balaban J connectivity index is 1.75. The molecule has 1 aliphatic rings. The molecule has 1 unspecified atom stereocenters. The van der Waals surface area contributed by atoms with E-state index in [4.69, 9.17) is 14.2 Å². The van der Waals surface area contributed by atoms with Gasteiger partial charge in [-0.15, -0.1) is 6.58 Å². The normalized spacial score (nSPS) is 17.9. The summed E-state index contributed by atoms with van der Waals surface area (Å²) in [6.45, 7) is 6.52. The number of fused-ring (bicyclic) bond motifs is 1. The lowest BCUT2D eigenvalue weighted by molar-refractivity contribution is 0.0396. The number of ether oxygens (including phenoxy) is 3. The van der Waals surface area contributed by atoms with Crippen LogP contribution in [0.15, 0.2) is 58.9 Å². The van der Waals surface area contributed by atoms with Gasteiger partial charge in [0, 0.05) is 30.6 Å². The molecule has 1 aromatic carbocycles. The molecule has 4 heterocycles. The molecule has 0 spiro atoms. The monoisotopic (exact) mass is 569 g/mol. The van der Waals surface area contributed by atoms with E-state index in [9.17, 15) is 14.0 Å². The van der Waals surface area contributed by atoms with Gasteiger partial charge in [0.15, 0.2) is 0 Å². The molecule has 40 heavy (non-hydrogen) atoms. The third kappa shape index (κ3) is 5.03. The molecule has 0 amide bonds. The van der Waals surface area contributed by atoms with Crippen LogP contribution in [0.4, 0.5) is 4.39 Å². The van der Waals surface area contributed by atoms with Gasteiger partial charge in [0.25, 0.3) is 5.56 Å². The molecule has 3 atom stereocenters. The standard InChI is InChI=1S/C28H32FN5O5S/c1-5-6-14-39-22(19-15-18(29)8-9-21(19)37-3)16-32-27-23(17(2)26(40-27)33-13-7-11-31-33)25(35)34(28(32)36)20-10-12-30-24(20)38-4/h5,7-9,11,13,15,20,22,24,30H,1,6,10,12,14,16H2,2-4H3/t20-,22+,24?/m1/s1. The molecule has 1 N–H and O–H groups in total. The second-order valence-corrected chi connectivity index (χ2v) is 10.5. The van der Waals surface area contributed by atoms with Crippen molar-refractivity contribution in [3.63, 3.8) is 0 Å². The summed E-state index contributed by atoms with van der Waals surface area (Å²) in [7, 11) is 3.04. The summed E-state index contributed by atoms with van der Waals surface area (Å²) in [5.74, 6) is -0.0230. The highest BCUT2D eigenvalue weighted by atomic mass is 32.1. The third-order valence-corrected chi connectivity index (χ3v) is 8.48. The Labute approximate surface area is 234 Å². The lowest BCUT2D eigenvalue weighted by Crippen LogP contribution is -2.46. The van der Waals surface area contributed by atoms with Gasteiger partial charge in [-0.1, -0.05) is 17.4 Å². The quantitative estimate of drug-likeness (QED) is 0.217. The summed E-state index contributed by atoms with van der Waals surface area (Å²) in [4.78, 5) is 28.7. The molecule has 10 nitrogen and oxygen atoms in total. The maximum absolute atomic E-state index is 14.5. The zero-order chi connectivity index (χ0) is 28.4. The number of nitrogens with zero attached hydrogens (tertiary/aromatic N) is 4. The van der Waals surface area contributed by atoms with Crippen molar-refractivity contribution in [1.82, 2.24) is 24.2 Å². The number of rotatable bonds is 11. The Hall–Kier alpha value is -3.58. The van der Waals surface area contributed by atoms with Crippen LogP contribution in [0.2, 0.25) is 0 Å². The first-order valence-electron chi connectivity index (χ1n) is 13.0. The molecule has 0 bridgehead atoms. The molecule has 1 saturated heterocycles. The molecule has 0 saturated carbocycles. The van der Waals surface area contributed by atoms with Crippen LogP contribution in [0.5, 0.6) is 5.75 Å². The second-order valence-electron chi connectivity index (χ2n) is 9.52. The molecule has 0 radical (unpaired) electrons. The van der Waals surface area contributed by atoms with Gasteiger partial charge >= 0.3 is 5.69 Å². The Morgan fingerprint density at radius 3 is 2.85 bits per heavy atom. The lowest BCUT2D eigenvalue weighted by atomic mass is 10.1. The highest BCUT2D eigenvalue weighted by Gasteiger charge is 2.34. The maximum atomic E-state index is 14.5. The largest absolute Gasteiger partial charge is 0.496 e. The summed E-state index contributed by atoms with van der Waals surface area (Å²) in [5.41, 5.74) is 0.298. The number of hydrogen-bond acceptors (Lipinski definition) is 8. The molecule has 3 aromatic heterocycles. The van der Waals surface area contributed by atoms with E-state index in [-0.39, 0.29) is 12.1 Å². The van der Waals surface area contributed by atoms with Crippen LogP contribution in [-0.2, 0) is 16.0 Å². The minimum atomic E-state index is -0.757. The van der Waals surface area contributed by atoms with Gasteiger partial charge in [-0.05, 0) is 50.6 Å². The predicted molar refractivity (Wildman–Crippen MR) is 151 cm³/mol. The van der Waals surface area contributed by atoms with Crippen molar-refractivity contribution < 1.29 is 18.6 Å². The van der Waals surface area contributed by atoms with Crippen LogP contribution in [0, 0.1) is 12.7 Å². The van der Waals surface area contributed by atoms with Gasteiger partial charge in [-0.2, -0.15) is 5.10 Å². The summed E-state index contributed by atoms with van der Waals surface area (Å²) in [6, 6.07) is 5.49. The maximum Gasteiger partial charge on any atom is 0.332 e. The SMILES string of the molecule is C=CCCO[C@@H](Cn1c(=O)n([C@@H]2CCNC2OC)c(=O)c2c(C)c(-n3cccn3)sc21)c1cc(F)ccc1OC.